The van der Waals surface area contributed by atoms with Crippen LogP contribution in [0.5, 0.6) is 0 Å². The number of hydrogen-bond acceptors (Lipinski definition) is 1. The summed E-state index contributed by atoms with van der Waals surface area (Å²) < 4.78 is 2.06. The molecule has 0 saturated carbocycles. The molecule has 92 valence electrons. The van der Waals surface area contributed by atoms with Crippen LogP contribution < -0.4 is 4.57 Å². The van der Waals surface area contributed by atoms with Gasteiger partial charge in [-0.2, -0.15) is 4.57 Å². The normalized spacial score (nSPS) is 10.6. The monoisotopic (exact) mass is 248 g/mol. The van der Waals surface area contributed by atoms with E-state index in [1.54, 1.807) is 6.92 Å². The van der Waals surface area contributed by atoms with E-state index in [2.05, 4.69) is 4.57 Å². The van der Waals surface area contributed by atoms with E-state index in [9.17, 15) is 4.79 Å². The molecule has 1 heterocycles. The van der Waals surface area contributed by atoms with Crippen LogP contribution >= 0.6 is 0 Å². The van der Waals surface area contributed by atoms with E-state index in [1.807, 2.05) is 66.9 Å². The first kappa shape index (κ1) is 11.6. The molecule has 0 aliphatic heterocycles. The van der Waals surface area contributed by atoms with Gasteiger partial charge >= 0.3 is 0 Å². The summed E-state index contributed by atoms with van der Waals surface area (Å²) >= 11 is 0. The Morgan fingerprint density at radius 1 is 0.895 bits per heavy atom. The van der Waals surface area contributed by atoms with Gasteiger partial charge in [-0.15, -0.1) is 0 Å². The summed E-state index contributed by atoms with van der Waals surface area (Å²) in [7, 11) is 0. The van der Waals surface area contributed by atoms with Gasteiger partial charge in [0, 0.05) is 23.6 Å². The van der Waals surface area contributed by atoms with Crippen LogP contribution in [0.15, 0.2) is 66.9 Å². The Morgan fingerprint density at radius 3 is 2.37 bits per heavy atom. The third-order valence-electron chi connectivity index (χ3n) is 3.23. The molecule has 2 nitrogen and oxygen atoms in total. The second-order valence-corrected chi connectivity index (χ2v) is 4.51. The Kier molecular flexibility index (Phi) is 2.84. The zero-order valence-electron chi connectivity index (χ0n) is 10.7. The first-order valence-electron chi connectivity index (χ1n) is 6.27. The van der Waals surface area contributed by atoms with E-state index in [0.29, 0.717) is 0 Å². The van der Waals surface area contributed by atoms with Crippen molar-refractivity contribution in [3.8, 4) is 5.69 Å². The lowest BCUT2D eigenvalue weighted by Crippen LogP contribution is -2.32. The minimum Gasteiger partial charge on any atom is -0.294 e. The van der Waals surface area contributed by atoms with Gasteiger partial charge in [0.15, 0.2) is 12.0 Å². The number of aromatic nitrogens is 1. The summed E-state index contributed by atoms with van der Waals surface area (Å²) in [6.07, 6.45) is 1.99. The van der Waals surface area contributed by atoms with Gasteiger partial charge in [-0.25, -0.2) is 0 Å². The maximum absolute atomic E-state index is 11.8. The lowest BCUT2D eigenvalue weighted by atomic mass is 10.1. The lowest BCUT2D eigenvalue weighted by Gasteiger charge is -2.03. The summed E-state index contributed by atoms with van der Waals surface area (Å²) in [4.78, 5) is 11.8. The van der Waals surface area contributed by atoms with Gasteiger partial charge in [0.1, 0.15) is 0 Å². The van der Waals surface area contributed by atoms with Gasteiger partial charge in [-0.3, -0.25) is 4.79 Å². The average molecular weight is 248 g/mol. The molecular weight excluding hydrogens is 234 g/mol. The van der Waals surface area contributed by atoms with E-state index in [0.717, 1.165) is 22.2 Å². The van der Waals surface area contributed by atoms with Crippen molar-refractivity contribution >= 4 is 16.7 Å². The summed E-state index contributed by atoms with van der Waals surface area (Å²) in [5.41, 5.74) is 2.77. The molecule has 0 fully saturated rings. The van der Waals surface area contributed by atoms with Crippen LogP contribution in [0.1, 0.15) is 17.3 Å². The smallest absolute Gasteiger partial charge is 0.229 e. The van der Waals surface area contributed by atoms with Crippen molar-refractivity contribution < 1.29 is 9.36 Å². The standard InChI is InChI=1S/C17H14NO/c1-13(19)16-11-5-7-14-8-6-12-18(17(14)16)15-9-3-2-4-10-15/h2-12H,1H3/q+1. The van der Waals surface area contributed by atoms with Crippen molar-refractivity contribution in [2.45, 2.75) is 6.92 Å². The molecule has 0 aliphatic carbocycles. The molecule has 0 saturated heterocycles. The molecule has 0 radical (unpaired) electrons. The molecule has 3 rings (SSSR count). The van der Waals surface area contributed by atoms with Gasteiger partial charge in [0.25, 0.3) is 0 Å². The Balaban J connectivity index is 2.40. The van der Waals surface area contributed by atoms with Gasteiger partial charge in [0.05, 0.1) is 5.56 Å². The first-order chi connectivity index (χ1) is 9.27. The molecule has 2 heteroatoms. The predicted octanol–water partition coefficient (Wildman–Crippen LogP) is 3.32. The highest BCUT2D eigenvalue weighted by molar-refractivity contribution is 6.04. The molecule has 0 amide bonds. The number of nitrogens with zero attached hydrogens (tertiary/aromatic N) is 1. The summed E-state index contributed by atoms with van der Waals surface area (Å²) in [5.74, 6) is 0.0847. The number of pyridine rings is 1. The Morgan fingerprint density at radius 2 is 1.63 bits per heavy atom. The van der Waals surface area contributed by atoms with Crippen molar-refractivity contribution in [1.82, 2.24) is 0 Å². The molecule has 1 aromatic heterocycles. The van der Waals surface area contributed by atoms with E-state index >= 15 is 0 Å². The largest absolute Gasteiger partial charge is 0.294 e. The number of para-hydroxylation sites is 2. The Bertz CT molecular complexity index is 742. The minimum atomic E-state index is 0.0847. The highest BCUT2D eigenvalue weighted by Gasteiger charge is 2.17. The van der Waals surface area contributed by atoms with E-state index in [1.165, 1.54) is 0 Å². The lowest BCUT2D eigenvalue weighted by molar-refractivity contribution is -0.567. The molecule has 2 aromatic carbocycles. The molecule has 19 heavy (non-hydrogen) atoms. The van der Waals surface area contributed by atoms with Crippen LogP contribution in [-0.2, 0) is 0 Å². The molecule has 3 aromatic rings. The van der Waals surface area contributed by atoms with Crippen molar-refractivity contribution in [3.63, 3.8) is 0 Å². The maximum Gasteiger partial charge on any atom is 0.229 e. The van der Waals surface area contributed by atoms with Gasteiger partial charge in [0.2, 0.25) is 11.2 Å². The van der Waals surface area contributed by atoms with Crippen LogP contribution in [0.3, 0.4) is 0 Å². The zero-order chi connectivity index (χ0) is 13.2. The molecule has 0 bridgehead atoms. The molecule has 0 N–H and O–H groups in total. The van der Waals surface area contributed by atoms with Crippen molar-refractivity contribution in [2.24, 2.45) is 0 Å². The fraction of sp³-hybridized carbons (Fsp3) is 0.0588. The fourth-order valence-electron chi connectivity index (χ4n) is 2.36. The average Bonchev–Trinajstić information content (AvgIpc) is 2.46. The quantitative estimate of drug-likeness (QED) is 0.503. The Hall–Kier alpha value is -2.48. The van der Waals surface area contributed by atoms with Crippen molar-refractivity contribution in [2.75, 3.05) is 0 Å². The summed E-state index contributed by atoms with van der Waals surface area (Å²) in [6, 6.07) is 19.9. The van der Waals surface area contributed by atoms with Crippen LogP contribution in [0.25, 0.3) is 16.6 Å². The number of Topliss-reactive ketones (excluding diaryl/α,β-unsaturated/α-hetero) is 1. The van der Waals surface area contributed by atoms with Gasteiger partial charge in [-0.1, -0.05) is 24.3 Å². The summed E-state index contributed by atoms with van der Waals surface area (Å²) in [5, 5.41) is 1.07. The fourth-order valence-corrected chi connectivity index (χ4v) is 2.36. The Labute approximate surface area is 111 Å². The van der Waals surface area contributed by atoms with Crippen LogP contribution in [0.4, 0.5) is 0 Å². The molecular formula is C17H14NO+. The number of carbonyl (C=O) groups is 1. The number of hydrogen-bond donors (Lipinski definition) is 0. The van der Waals surface area contributed by atoms with Crippen LogP contribution in [0.2, 0.25) is 0 Å². The van der Waals surface area contributed by atoms with Crippen molar-refractivity contribution in [3.05, 3.63) is 72.4 Å². The van der Waals surface area contributed by atoms with Gasteiger partial charge in [-0.05, 0) is 25.1 Å². The molecule has 0 aliphatic rings. The number of carbonyl (C=O) groups excluding carboxylic acids is 1. The van der Waals surface area contributed by atoms with Gasteiger partial charge < -0.3 is 0 Å². The highest BCUT2D eigenvalue weighted by atomic mass is 16.1. The second kappa shape index (κ2) is 4.65. The van der Waals surface area contributed by atoms with Crippen LogP contribution in [-0.4, -0.2) is 5.78 Å². The molecule has 0 unspecified atom stereocenters. The molecule has 0 spiro atoms. The first-order valence-corrected chi connectivity index (χ1v) is 6.27. The molecule has 0 atom stereocenters. The summed E-state index contributed by atoms with van der Waals surface area (Å²) in [6.45, 7) is 1.61. The number of benzene rings is 2. The second-order valence-electron chi connectivity index (χ2n) is 4.51. The number of ketones is 1. The maximum atomic E-state index is 11.8. The SMILES string of the molecule is CC(=O)c1cccc2ccc[n+](-c3ccccc3)c12. The van der Waals surface area contributed by atoms with E-state index in [-0.39, 0.29) is 5.78 Å². The third-order valence-corrected chi connectivity index (χ3v) is 3.23. The topological polar surface area (TPSA) is 20.9 Å². The third kappa shape index (κ3) is 2.02. The number of rotatable bonds is 2. The zero-order valence-corrected chi connectivity index (χ0v) is 10.7. The van der Waals surface area contributed by atoms with Crippen molar-refractivity contribution in [1.29, 1.82) is 0 Å². The van der Waals surface area contributed by atoms with E-state index in [4.69, 9.17) is 0 Å². The number of fused-ring (bicyclic) bond motifs is 1. The predicted molar refractivity (Wildman–Crippen MR) is 75.5 cm³/mol. The van der Waals surface area contributed by atoms with E-state index < -0.39 is 0 Å². The minimum absolute atomic E-state index is 0.0847. The highest BCUT2D eigenvalue weighted by Crippen LogP contribution is 2.17. The van der Waals surface area contributed by atoms with Crippen LogP contribution in [0, 0.1) is 0 Å².